The number of hydrogen-bond acceptors (Lipinski definition) is 5. The van der Waals surface area contributed by atoms with Crippen LogP contribution in [0.2, 0.25) is 0 Å². The highest BCUT2D eigenvalue weighted by molar-refractivity contribution is 5.58. The molecule has 0 spiro atoms. The summed E-state index contributed by atoms with van der Waals surface area (Å²) in [6, 6.07) is 0. The van der Waals surface area contributed by atoms with Crippen molar-refractivity contribution >= 4 is 11.6 Å². The smallest absolute Gasteiger partial charge is 0.395 e. The van der Waals surface area contributed by atoms with Gasteiger partial charge in [-0.3, -0.25) is 0 Å². The Morgan fingerprint density at radius 1 is 1.29 bits per heavy atom. The zero-order valence-corrected chi connectivity index (χ0v) is 12.5. The van der Waals surface area contributed by atoms with Crippen LogP contribution < -0.4 is 10.2 Å². The third-order valence-corrected chi connectivity index (χ3v) is 2.92. The van der Waals surface area contributed by atoms with Gasteiger partial charge in [-0.05, 0) is 13.3 Å². The first-order valence-corrected chi connectivity index (χ1v) is 6.80. The molecule has 5 nitrogen and oxygen atoms in total. The molecule has 0 radical (unpaired) electrons. The number of aliphatic hydroxyl groups is 1. The van der Waals surface area contributed by atoms with Crippen LogP contribution in [-0.2, 0) is 6.42 Å². The van der Waals surface area contributed by atoms with Gasteiger partial charge >= 0.3 is 6.18 Å². The fourth-order valence-corrected chi connectivity index (χ4v) is 2.03. The molecule has 0 saturated heterocycles. The lowest BCUT2D eigenvalue weighted by molar-refractivity contribution is -0.120. The standard InChI is InChI=1S/C13H21F3N4O/c1-4-5-10-18-11(17-3)9(2)12(19-10)20(6-7-21)8-13(14,15)16/h21H,4-8H2,1-3H3,(H,17,18,19). The largest absolute Gasteiger partial charge is 0.405 e. The molecule has 0 aliphatic carbocycles. The van der Waals surface area contributed by atoms with Gasteiger partial charge in [-0.1, -0.05) is 6.92 Å². The summed E-state index contributed by atoms with van der Waals surface area (Å²) in [6.45, 7) is 1.95. The van der Waals surface area contributed by atoms with Gasteiger partial charge < -0.3 is 15.3 Å². The molecule has 120 valence electrons. The molecule has 1 heterocycles. The summed E-state index contributed by atoms with van der Waals surface area (Å²) in [5.74, 6) is 1.21. The molecule has 1 rings (SSSR count). The molecule has 8 heteroatoms. The van der Waals surface area contributed by atoms with Crippen molar-refractivity contribution in [2.24, 2.45) is 0 Å². The number of aryl methyl sites for hydroxylation is 1. The summed E-state index contributed by atoms with van der Waals surface area (Å²) in [5, 5.41) is 11.9. The Labute approximate surface area is 122 Å². The van der Waals surface area contributed by atoms with Crippen LogP contribution in [0.1, 0.15) is 24.7 Å². The van der Waals surface area contributed by atoms with Crippen molar-refractivity contribution in [2.75, 3.05) is 37.0 Å². The number of anilines is 2. The van der Waals surface area contributed by atoms with Crippen molar-refractivity contribution in [2.45, 2.75) is 32.9 Å². The fourth-order valence-electron chi connectivity index (χ4n) is 2.03. The zero-order valence-electron chi connectivity index (χ0n) is 12.5. The number of nitrogens with zero attached hydrogens (tertiary/aromatic N) is 3. The van der Waals surface area contributed by atoms with E-state index in [1.165, 1.54) is 0 Å². The maximum absolute atomic E-state index is 12.7. The fraction of sp³-hybridized carbons (Fsp3) is 0.692. The predicted molar refractivity (Wildman–Crippen MR) is 75.7 cm³/mol. The molecule has 21 heavy (non-hydrogen) atoms. The van der Waals surface area contributed by atoms with E-state index in [1.54, 1.807) is 14.0 Å². The van der Waals surface area contributed by atoms with E-state index in [4.69, 9.17) is 5.11 Å². The first-order valence-electron chi connectivity index (χ1n) is 6.80. The summed E-state index contributed by atoms with van der Waals surface area (Å²) in [5.41, 5.74) is 0.537. The first kappa shape index (κ1) is 17.5. The molecule has 0 fully saturated rings. The lowest BCUT2D eigenvalue weighted by atomic mass is 10.2. The average molecular weight is 306 g/mol. The normalized spacial score (nSPS) is 11.6. The van der Waals surface area contributed by atoms with Crippen molar-refractivity contribution in [1.82, 2.24) is 9.97 Å². The van der Waals surface area contributed by atoms with E-state index < -0.39 is 12.7 Å². The van der Waals surface area contributed by atoms with Gasteiger partial charge in [0.1, 0.15) is 24.0 Å². The molecule has 2 N–H and O–H groups in total. The summed E-state index contributed by atoms with van der Waals surface area (Å²) in [4.78, 5) is 9.56. The van der Waals surface area contributed by atoms with E-state index in [2.05, 4.69) is 15.3 Å². The van der Waals surface area contributed by atoms with Crippen molar-refractivity contribution < 1.29 is 18.3 Å². The lowest BCUT2D eigenvalue weighted by Crippen LogP contribution is -2.37. The Kier molecular flexibility index (Phi) is 6.19. The quantitative estimate of drug-likeness (QED) is 0.808. The van der Waals surface area contributed by atoms with Gasteiger partial charge in [-0.2, -0.15) is 13.2 Å². The van der Waals surface area contributed by atoms with Crippen LogP contribution in [0.3, 0.4) is 0 Å². The minimum atomic E-state index is -4.36. The van der Waals surface area contributed by atoms with Gasteiger partial charge in [0.15, 0.2) is 0 Å². The second-order valence-electron chi connectivity index (χ2n) is 4.70. The zero-order chi connectivity index (χ0) is 16.0. The Bertz CT molecular complexity index is 465. The minimum absolute atomic E-state index is 0.133. The third kappa shape index (κ3) is 5.04. The van der Waals surface area contributed by atoms with Crippen LogP contribution in [0, 0.1) is 6.92 Å². The van der Waals surface area contributed by atoms with Crippen molar-refractivity contribution in [3.05, 3.63) is 11.4 Å². The Hall–Kier alpha value is -1.57. The number of aromatic nitrogens is 2. The molecule has 0 amide bonds. The maximum atomic E-state index is 12.7. The average Bonchev–Trinajstić information content (AvgIpc) is 2.39. The van der Waals surface area contributed by atoms with E-state index >= 15 is 0 Å². The van der Waals surface area contributed by atoms with Gasteiger partial charge in [-0.25, -0.2) is 9.97 Å². The highest BCUT2D eigenvalue weighted by Gasteiger charge is 2.32. The number of hydrogen-bond donors (Lipinski definition) is 2. The van der Waals surface area contributed by atoms with Gasteiger partial charge in [0, 0.05) is 25.6 Å². The van der Waals surface area contributed by atoms with Crippen molar-refractivity contribution in [1.29, 1.82) is 0 Å². The Morgan fingerprint density at radius 2 is 1.95 bits per heavy atom. The molecule has 0 unspecified atom stereocenters. The van der Waals surface area contributed by atoms with Gasteiger partial charge in [-0.15, -0.1) is 0 Å². The minimum Gasteiger partial charge on any atom is -0.395 e. The van der Waals surface area contributed by atoms with Crippen LogP contribution >= 0.6 is 0 Å². The molecular weight excluding hydrogens is 285 g/mol. The van der Waals surface area contributed by atoms with Gasteiger partial charge in [0.25, 0.3) is 0 Å². The molecule has 0 bridgehead atoms. The number of rotatable bonds is 7. The monoisotopic (exact) mass is 306 g/mol. The number of halogens is 3. The summed E-state index contributed by atoms with van der Waals surface area (Å²) in [6.07, 6.45) is -2.98. The molecule has 0 saturated carbocycles. The third-order valence-electron chi connectivity index (χ3n) is 2.92. The lowest BCUT2D eigenvalue weighted by Gasteiger charge is -2.26. The van der Waals surface area contributed by atoms with E-state index in [9.17, 15) is 13.2 Å². The first-order chi connectivity index (χ1) is 9.82. The molecule has 1 aromatic heterocycles. The SMILES string of the molecule is CCCc1nc(NC)c(C)c(N(CCO)CC(F)(F)F)n1. The van der Waals surface area contributed by atoms with E-state index in [0.29, 0.717) is 23.6 Å². The number of alkyl halides is 3. The topological polar surface area (TPSA) is 61.3 Å². The second kappa shape index (κ2) is 7.44. The van der Waals surface area contributed by atoms with Crippen molar-refractivity contribution in [3.63, 3.8) is 0 Å². The van der Waals surface area contributed by atoms with Crippen LogP contribution in [-0.4, -0.2) is 48.0 Å². The molecule has 0 aliphatic heterocycles. The summed E-state index contributed by atoms with van der Waals surface area (Å²) < 4.78 is 38.1. The van der Waals surface area contributed by atoms with Crippen LogP contribution in [0.4, 0.5) is 24.8 Å². The molecule has 1 aromatic rings. The highest BCUT2D eigenvalue weighted by Crippen LogP contribution is 2.27. The molecule has 0 aromatic carbocycles. The molecule has 0 atom stereocenters. The molecular formula is C13H21F3N4O. The molecule has 0 aliphatic rings. The summed E-state index contributed by atoms with van der Waals surface area (Å²) >= 11 is 0. The van der Waals surface area contributed by atoms with Crippen LogP contribution in [0.5, 0.6) is 0 Å². The van der Waals surface area contributed by atoms with Crippen molar-refractivity contribution in [3.8, 4) is 0 Å². The Morgan fingerprint density at radius 3 is 2.43 bits per heavy atom. The van der Waals surface area contributed by atoms with Gasteiger partial charge in [0.2, 0.25) is 0 Å². The highest BCUT2D eigenvalue weighted by atomic mass is 19.4. The van der Waals surface area contributed by atoms with E-state index in [-0.39, 0.29) is 19.0 Å². The van der Waals surface area contributed by atoms with Crippen LogP contribution in [0.25, 0.3) is 0 Å². The van der Waals surface area contributed by atoms with E-state index in [1.807, 2.05) is 6.92 Å². The van der Waals surface area contributed by atoms with Crippen LogP contribution in [0.15, 0.2) is 0 Å². The second-order valence-corrected chi connectivity index (χ2v) is 4.70. The predicted octanol–water partition coefficient (Wildman–Crippen LogP) is 2.14. The number of aliphatic hydroxyl groups excluding tert-OH is 1. The number of nitrogens with one attached hydrogen (secondary N) is 1. The summed E-state index contributed by atoms with van der Waals surface area (Å²) in [7, 11) is 1.66. The van der Waals surface area contributed by atoms with Gasteiger partial charge in [0.05, 0.1) is 6.61 Å². The van der Waals surface area contributed by atoms with E-state index in [0.717, 1.165) is 11.3 Å². The maximum Gasteiger partial charge on any atom is 0.405 e. The Balaban J connectivity index is 3.24.